The molecule has 2 rings (SSSR count). The molecule has 1 aromatic carbocycles. The molecule has 0 saturated heterocycles. The Labute approximate surface area is 121 Å². The number of nitrogen functional groups attached to an aromatic ring is 1. The third-order valence-electron chi connectivity index (χ3n) is 2.40. The summed E-state index contributed by atoms with van der Waals surface area (Å²) < 4.78 is 24.0. The van der Waals surface area contributed by atoms with Crippen LogP contribution >= 0.6 is 0 Å². The van der Waals surface area contributed by atoms with Crippen LogP contribution in [-0.2, 0) is 0 Å². The second-order valence-electron chi connectivity index (χ2n) is 4.55. The summed E-state index contributed by atoms with van der Waals surface area (Å²) in [4.78, 5) is 11.9. The smallest absolute Gasteiger partial charge is 0.330 e. The van der Waals surface area contributed by atoms with E-state index in [1.807, 2.05) is 13.8 Å². The highest BCUT2D eigenvalue weighted by molar-refractivity contribution is 5.35. The van der Waals surface area contributed by atoms with E-state index in [9.17, 15) is 4.39 Å². The highest BCUT2D eigenvalue weighted by Gasteiger charge is 2.11. The molecule has 0 aliphatic carbocycles. The zero-order chi connectivity index (χ0) is 15.4. The number of halogens is 1. The van der Waals surface area contributed by atoms with E-state index in [2.05, 4.69) is 20.4 Å². The Morgan fingerprint density at radius 1 is 1.19 bits per heavy atom. The molecule has 0 atom stereocenters. The van der Waals surface area contributed by atoms with E-state index in [1.54, 1.807) is 6.92 Å². The summed E-state index contributed by atoms with van der Waals surface area (Å²) in [6, 6.07) is 4.22. The van der Waals surface area contributed by atoms with Crippen molar-refractivity contribution >= 4 is 5.95 Å². The van der Waals surface area contributed by atoms with Crippen molar-refractivity contribution in [1.29, 1.82) is 0 Å². The molecule has 0 fully saturated rings. The first kappa shape index (κ1) is 14.9. The molecule has 0 saturated carbocycles. The summed E-state index contributed by atoms with van der Waals surface area (Å²) >= 11 is 0. The van der Waals surface area contributed by atoms with E-state index in [0.717, 1.165) is 0 Å². The lowest BCUT2D eigenvalue weighted by Crippen LogP contribution is -2.15. The molecule has 7 nitrogen and oxygen atoms in total. The zero-order valence-electron chi connectivity index (χ0n) is 11.9. The molecular formula is C13H16FN5O2. The SMILES string of the molecule is Cc1cc(F)ccc1Oc1nc(NN)nc(OC(C)C)n1. The number of nitrogens with two attached hydrogens (primary N) is 1. The summed E-state index contributed by atoms with van der Waals surface area (Å²) in [6.07, 6.45) is -0.113. The van der Waals surface area contributed by atoms with Gasteiger partial charge in [0.1, 0.15) is 11.6 Å². The van der Waals surface area contributed by atoms with Crippen LogP contribution in [0.25, 0.3) is 0 Å². The zero-order valence-corrected chi connectivity index (χ0v) is 11.9. The van der Waals surface area contributed by atoms with Gasteiger partial charge >= 0.3 is 12.0 Å². The maximum absolute atomic E-state index is 13.1. The van der Waals surface area contributed by atoms with Crippen molar-refractivity contribution in [2.45, 2.75) is 26.9 Å². The van der Waals surface area contributed by atoms with E-state index in [-0.39, 0.29) is 29.9 Å². The third kappa shape index (κ3) is 3.99. The maximum Gasteiger partial charge on any atom is 0.330 e. The first-order chi connectivity index (χ1) is 9.97. The molecule has 21 heavy (non-hydrogen) atoms. The second kappa shape index (κ2) is 6.31. The van der Waals surface area contributed by atoms with Crippen molar-refractivity contribution in [3.8, 4) is 17.8 Å². The van der Waals surface area contributed by atoms with Crippen molar-refractivity contribution in [2.75, 3.05) is 5.43 Å². The highest BCUT2D eigenvalue weighted by atomic mass is 19.1. The molecule has 0 radical (unpaired) electrons. The Balaban J connectivity index is 2.29. The van der Waals surface area contributed by atoms with Gasteiger partial charge in [0, 0.05) is 0 Å². The van der Waals surface area contributed by atoms with Crippen LogP contribution in [0.5, 0.6) is 17.8 Å². The molecule has 0 bridgehead atoms. The number of hydrazine groups is 1. The van der Waals surface area contributed by atoms with Crippen LogP contribution in [0, 0.1) is 12.7 Å². The minimum absolute atomic E-state index is 0.00306. The van der Waals surface area contributed by atoms with E-state index in [0.29, 0.717) is 11.3 Å². The Morgan fingerprint density at radius 3 is 2.52 bits per heavy atom. The fourth-order valence-electron chi connectivity index (χ4n) is 1.54. The average molecular weight is 293 g/mol. The van der Waals surface area contributed by atoms with Crippen LogP contribution in [0.2, 0.25) is 0 Å². The first-order valence-corrected chi connectivity index (χ1v) is 6.31. The van der Waals surface area contributed by atoms with Gasteiger partial charge in [-0.1, -0.05) is 0 Å². The largest absolute Gasteiger partial charge is 0.461 e. The van der Waals surface area contributed by atoms with E-state index in [1.165, 1.54) is 18.2 Å². The Kier molecular flexibility index (Phi) is 4.49. The topological polar surface area (TPSA) is 95.2 Å². The molecule has 2 aromatic rings. The number of hydrogen-bond donors (Lipinski definition) is 2. The molecule has 112 valence electrons. The van der Waals surface area contributed by atoms with Crippen molar-refractivity contribution < 1.29 is 13.9 Å². The average Bonchev–Trinajstić information content (AvgIpc) is 2.41. The fourth-order valence-corrected chi connectivity index (χ4v) is 1.54. The Bertz CT molecular complexity index is 636. The van der Waals surface area contributed by atoms with E-state index < -0.39 is 0 Å². The monoisotopic (exact) mass is 293 g/mol. The van der Waals surface area contributed by atoms with Gasteiger partial charge in [-0.2, -0.15) is 9.97 Å². The molecule has 0 unspecified atom stereocenters. The number of rotatable bonds is 5. The maximum atomic E-state index is 13.1. The molecule has 0 amide bonds. The quantitative estimate of drug-likeness (QED) is 0.644. The normalized spacial score (nSPS) is 10.6. The summed E-state index contributed by atoms with van der Waals surface area (Å²) in [5, 5.41) is 0. The number of anilines is 1. The van der Waals surface area contributed by atoms with Crippen LogP contribution in [0.3, 0.4) is 0 Å². The predicted octanol–water partition coefficient (Wildman–Crippen LogP) is 2.18. The molecule has 1 heterocycles. The minimum Gasteiger partial charge on any atom is -0.461 e. The minimum atomic E-state index is -0.344. The van der Waals surface area contributed by atoms with Crippen LogP contribution in [0.1, 0.15) is 19.4 Å². The number of hydrogen-bond acceptors (Lipinski definition) is 7. The van der Waals surface area contributed by atoms with Gasteiger partial charge in [0.15, 0.2) is 0 Å². The molecule has 1 aromatic heterocycles. The number of benzene rings is 1. The van der Waals surface area contributed by atoms with Gasteiger partial charge in [-0.05, 0) is 44.5 Å². The van der Waals surface area contributed by atoms with Crippen molar-refractivity contribution in [3.05, 3.63) is 29.6 Å². The number of aryl methyl sites for hydroxylation is 1. The van der Waals surface area contributed by atoms with E-state index in [4.69, 9.17) is 15.3 Å². The van der Waals surface area contributed by atoms with Gasteiger partial charge in [0.25, 0.3) is 0 Å². The van der Waals surface area contributed by atoms with Crippen molar-refractivity contribution in [2.24, 2.45) is 5.84 Å². The molecule has 3 N–H and O–H groups in total. The van der Waals surface area contributed by atoms with Crippen LogP contribution in [0.15, 0.2) is 18.2 Å². The third-order valence-corrected chi connectivity index (χ3v) is 2.40. The Hall–Kier alpha value is -2.48. The van der Waals surface area contributed by atoms with Gasteiger partial charge < -0.3 is 9.47 Å². The summed E-state index contributed by atoms with van der Waals surface area (Å²) in [5.74, 6) is 5.49. The van der Waals surface area contributed by atoms with Gasteiger partial charge in [0.05, 0.1) is 6.10 Å². The molecule has 8 heteroatoms. The Morgan fingerprint density at radius 2 is 1.90 bits per heavy atom. The number of aromatic nitrogens is 3. The number of nitrogens with zero attached hydrogens (tertiary/aromatic N) is 3. The first-order valence-electron chi connectivity index (χ1n) is 6.31. The highest BCUT2D eigenvalue weighted by Crippen LogP contribution is 2.24. The van der Waals surface area contributed by atoms with Gasteiger partial charge in [0.2, 0.25) is 5.95 Å². The summed E-state index contributed by atoms with van der Waals surface area (Å²) in [5.41, 5.74) is 2.92. The molecule has 0 aliphatic heterocycles. The predicted molar refractivity (Wildman–Crippen MR) is 74.6 cm³/mol. The van der Waals surface area contributed by atoms with Crippen LogP contribution in [-0.4, -0.2) is 21.1 Å². The fraction of sp³-hybridized carbons (Fsp3) is 0.308. The van der Waals surface area contributed by atoms with Gasteiger partial charge in [-0.15, -0.1) is 4.98 Å². The van der Waals surface area contributed by atoms with Gasteiger partial charge in [-0.3, -0.25) is 5.43 Å². The lowest BCUT2D eigenvalue weighted by atomic mass is 10.2. The second-order valence-corrected chi connectivity index (χ2v) is 4.55. The number of ether oxygens (including phenoxy) is 2. The van der Waals surface area contributed by atoms with Crippen LogP contribution < -0.4 is 20.7 Å². The number of nitrogens with one attached hydrogen (secondary N) is 1. The summed E-state index contributed by atoms with van der Waals surface area (Å²) in [7, 11) is 0. The van der Waals surface area contributed by atoms with Crippen molar-refractivity contribution in [1.82, 2.24) is 15.0 Å². The summed E-state index contributed by atoms with van der Waals surface area (Å²) in [6.45, 7) is 5.39. The lowest BCUT2D eigenvalue weighted by Gasteiger charge is -2.11. The molecule has 0 spiro atoms. The molecule has 0 aliphatic rings. The van der Waals surface area contributed by atoms with Crippen molar-refractivity contribution in [3.63, 3.8) is 0 Å². The standard InChI is InChI=1S/C13H16FN5O2/c1-7(2)20-12-16-11(19-15)17-13(18-12)21-10-5-4-9(14)6-8(10)3/h4-7H,15H2,1-3H3,(H,16,17,18,19). The van der Waals surface area contributed by atoms with Crippen LogP contribution in [0.4, 0.5) is 10.3 Å². The molecular weight excluding hydrogens is 277 g/mol. The van der Waals surface area contributed by atoms with Gasteiger partial charge in [-0.25, -0.2) is 10.2 Å². The lowest BCUT2D eigenvalue weighted by molar-refractivity contribution is 0.218. The van der Waals surface area contributed by atoms with E-state index >= 15 is 0 Å².